The quantitative estimate of drug-likeness (QED) is 0.532. The number of alkyl halides is 1. The maximum atomic E-state index is 12.7. The molecule has 0 fully saturated rings. The SMILES string of the molecule is Fc1cc(F)cc(C/C=C/CCCl)c1. The topological polar surface area (TPSA) is 0 Å². The van der Waals surface area contributed by atoms with Gasteiger partial charge in [-0.3, -0.25) is 0 Å². The summed E-state index contributed by atoms with van der Waals surface area (Å²) in [6.07, 6.45) is 5.07. The molecule has 0 aliphatic carbocycles. The van der Waals surface area contributed by atoms with E-state index < -0.39 is 11.6 Å². The molecule has 1 aromatic rings. The van der Waals surface area contributed by atoms with E-state index >= 15 is 0 Å². The fourth-order valence-corrected chi connectivity index (χ4v) is 1.26. The third-order valence-corrected chi connectivity index (χ3v) is 1.94. The van der Waals surface area contributed by atoms with Crippen LogP contribution in [0.3, 0.4) is 0 Å². The molecule has 0 spiro atoms. The Morgan fingerprint density at radius 2 is 1.71 bits per heavy atom. The van der Waals surface area contributed by atoms with Crippen molar-refractivity contribution in [3.63, 3.8) is 0 Å². The van der Waals surface area contributed by atoms with E-state index in [1.165, 1.54) is 12.1 Å². The van der Waals surface area contributed by atoms with Crippen LogP contribution in [-0.4, -0.2) is 5.88 Å². The standard InChI is InChI=1S/C11H11ClF2/c12-5-3-1-2-4-9-6-10(13)8-11(14)7-9/h1-2,6-8H,3-5H2/b2-1+. The van der Waals surface area contributed by atoms with Crippen LogP contribution in [0.2, 0.25) is 0 Å². The molecule has 0 saturated carbocycles. The van der Waals surface area contributed by atoms with Crippen LogP contribution in [0.1, 0.15) is 12.0 Å². The molecule has 1 rings (SSSR count). The van der Waals surface area contributed by atoms with Gasteiger partial charge in [0.15, 0.2) is 0 Å². The summed E-state index contributed by atoms with van der Waals surface area (Å²) in [4.78, 5) is 0. The van der Waals surface area contributed by atoms with Gasteiger partial charge in [0.25, 0.3) is 0 Å². The van der Waals surface area contributed by atoms with Gasteiger partial charge in [-0.15, -0.1) is 11.6 Å². The maximum Gasteiger partial charge on any atom is 0.126 e. The summed E-state index contributed by atoms with van der Waals surface area (Å²) >= 11 is 5.46. The van der Waals surface area contributed by atoms with Crippen molar-refractivity contribution < 1.29 is 8.78 Å². The Morgan fingerprint density at radius 3 is 2.29 bits per heavy atom. The maximum absolute atomic E-state index is 12.7. The molecule has 0 heterocycles. The first-order valence-corrected chi connectivity index (χ1v) is 4.92. The molecule has 0 saturated heterocycles. The fourth-order valence-electron chi connectivity index (χ4n) is 1.13. The highest BCUT2D eigenvalue weighted by atomic mass is 35.5. The van der Waals surface area contributed by atoms with Crippen molar-refractivity contribution in [2.24, 2.45) is 0 Å². The lowest BCUT2D eigenvalue weighted by Gasteiger charge is -1.97. The Bertz CT molecular complexity index is 301. The van der Waals surface area contributed by atoms with E-state index in [1.54, 1.807) is 0 Å². The Hall–Kier alpha value is -0.890. The average Bonchev–Trinajstić information content (AvgIpc) is 2.11. The first kappa shape index (κ1) is 11.2. The molecule has 14 heavy (non-hydrogen) atoms. The van der Waals surface area contributed by atoms with Crippen LogP contribution in [0.15, 0.2) is 30.4 Å². The first-order valence-electron chi connectivity index (χ1n) is 4.38. The van der Waals surface area contributed by atoms with Crippen molar-refractivity contribution in [3.05, 3.63) is 47.5 Å². The number of rotatable bonds is 4. The predicted molar refractivity (Wildman–Crippen MR) is 54.5 cm³/mol. The van der Waals surface area contributed by atoms with Crippen LogP contribution in [-0.2, 0) is 6.42 Å². The zero-order chi connectivity index (χ0) is 10.4. The third kappa shape index (κ3) is 3.88. The van der Waals surface area contributed by atoms with Crippen LogP contribution < -0.4 is 0 Å². The normalized spacial score (nSPS) is 11.1. The summed E-state index contributed by atoms with van der Waals surface area (Å²) < 4.78 is 25.4. The summed E-state index contributed by atoms with van der Waals surface area (Å²) in [5.41, 5.74) is 0.633. The first-order chi connectivity index (χ1) is 6.72. The van der Waals surface area contributed by atoms with E-state index in [2.05, 4.69) is 0 Å². The second-order valence-electron chi connectivity index (χ2n) is 2.93. The van der Waals surface area contributed by atoms with Crippen molar-refractivity contribution >= 4 is 11.6 Å². The van der Waals surface area contributed by atoms with Gasteiger partial charge in [0.1, 0.15) is 11.6 Å². The molecule has 0 amide bonds. The average molecular weight is 217 g/mol. The summed E-state index contributed by atoms with van der Waals surface area (Å²) in [7, 11) is 0. The highest BCUT2D eigenvalue weighted by Crippen LogP contribution is 2.09. The molecular formula is C11H11ClF2. The van der Waals surface area contributed by atoms with Gasteiger partial charge >= 0.3 is 0 Å². The van der Waals surface area contributed by atoms with Crippen molar-refractivity contribution in [2.75, 3.05) is 5.88 Å². The van der Waals surface area contributed by atoms with Crippen LogP contribution in [0.4, 0.5) is 8.78 Å². The number of allylic oxidation sites excluding steroid dienone is 2. The van der Waals surface area contributed by atoms with Gasteiger partial charge in [-0.05, 0) is 30.5 Å². The monoisotopic (exact) mass is 216 g/mol. The molecule has 0 aliphatic rings. The van der Waals surface area contributed by atoms with Gasteiger partial charge in [-0.1, -0.05) is 12.2 Å². The van der Waals surface area contributed by atoms with E-state index in [-0.39, 0.29) is 0 Å². The molecule has 0 atom stereocenters. The van der Waals surface area contributed by atoms with Crippen molar-refractivity contribution in [1.82, 2.24) is 0 Å². The lowest BCUT2D eigenvalue weighted by Crippen LogP contribution is -1.86. The van der Waals surface area contributed by atoms with Gasteiger partial charge in [0, 0.05) is 11.9 Å². The minimum absolute atomic E-state index is 0.533. The van der Waals surface area contributed by atoms with Gasteiger partial charge in [-0.2, -0.15) is 0 Å². The molecule has 0 aliphatic heterocycles. The molecule has 76 valence electrons. The van der Waals surface area contributed by atoms with E-state index in [9.17, 15) is 8.78 Å². The molecule has 0 unspecified atom stereocenters. The van der Waals surface area contributed by atoms with Crippen LogP contribution >= 0.6 is 11.6 Å². The molecule has 3 heteroatoms. The van der Waals surface area contributed by atoms with Crippen LogP contribution in [0.25, 0.3) is 0 Å². The van der Waals surface area contributed by atoms with Crippen LogP contribution in [0.5, 0.6) is 0 Å². The zero-order valence-electron chi connectivity index (χ0n) is 7.64. The van der Waals surface area contributed by atoms with Gasteiger partial charge < -0.3 is 0 Å². The fraction of sp³-hybridized carbons (Fsp3) is 0.273. The number of halogens is 3. The minimum Gasteiger partial charge on any atom is -0.207 e. The van der Waals surface area contributed by atoms with E-state index in [4.69, 9.17) is 11.6 Å². The van der Waals surface area contributed by atoms with Crippen molar-refractivity contribution in [3.8, 4) is 0 Å². The second-order valence-corrected chi connectivity index (χ2v) is 3.31. The van der Waals surface area contributed by atoms with Crippen molar-refractivity contribution in [1.29, 1.82) is 0 Å². The Labute approximate surface area is 87.2 Å². The highest BCUT2D eigenvalue weighted by Gasteiger charge is 1.98. The van der Waals surface area contributed by atoms with E-state index in [0.29, 0.717) is 17.9 Å². The molecule has 0 bridgehead atoms. The summed E-state index contributed by atoms with van der Waals surface area (Å²) in [6, 6.07) is 3.52. The molecule has 0 N–H and O–H groups in total. The third-order valence-electron chi connectivity index (χ3n) is 1.72. The molecule has 0 nitrogen and oxygen atoms in total. The largest absolute Gasteiger partial charge is 0.207 e. The Balaban J connectivity index is 2.58. The van der Waals surface area contributed by atoms with E-state index in [0.717, 1.165) is 12.5 Å². The zero-order valence-corrected chi connectivity index (χ0v) is 8.40. The van der Waals surface area contributed by atoms with Crippen LogP contribution in [0, 0.1) is 11.6 Å². The molecule has 1 aromatic carbocycles. The van der Waals surface area contributed by atoms with Crippen molar-refractivity contribution in [2.45, 2.75) is 12.8 Å². The summed E-state index contributed by atoms with van der Waals surface area (Å²) in [5, 5.41) is 0. The number of hydrogen-bond acceptors (Lipinski definition) is 0. The lowest BCUT2D eigenvalue weighted by molar-refractivity contribution is 0.580. The Morgan fingerprint density at radius 1 is 1.07 bits per heavy atom. The lowest BCUT2D eigenvalue weighted by atomic mass is 10.1. The molecule has 0 aromatic heterocycles. The number of hydrogen-bond donors (Lipinski definition) is 0. The number of benzene rings is 1. The van der Waals surface area contributed by atoms with Gasteiger partial charge in [-0.25, -0.2) is 8.78 Å². The molecular weight excluding hydrogens is 206 g/mol. The van der Waals surface area contributed by atoms with E-state index in [1.807, 2.05) is 12.2 Å². The summed E-state index contributed by atoms with van der Waals surface area (Å²) in [5.74, 6) is -0.509. The Kier molecular flexibility index (Phi) is 4.60. The summed E-state index contributed by atoms with van der Waals surface area (Å²) in [6.45, 7) is 0. The molecule has 0 radical (unpaired) electrons. The van der Waals surface area contributed by atoms with Gasteiger partial charge in [0.05, 0.1) is 0 Å². The predicted octanol–water partition coefficient (Wildman–Crippen LogP) is 3.69. The smallest absolute Gasteiger partial charge is 0.126 e. The minimum atomic E-state index is -0.536. The van der Waals surface area contributed by atoms with Gasteiger partial charge in [0.2, 0.25) is 0 Å². The second kappa shape index (κ2) is 5.76. The highest BCUT2D eigenvalue weighted by molar-refractivity contribution is 6.17.